The molecular formula is C15H21N3O6. The molecule has 1 fully saturated rings. The fraction of sp³-hybridized carbons (Fsp3) is 0.667. The molecule has 0 saturated carbocycles. The van der Waals surface area contributed by atoms with Crippen LogP contribution in [0.2, 0.25) is 0 Å². The first-order valence-electron chi connectivity index (χ1n) is 7.42. The lowest BCUT2D eigenvalue weighted by Crippen LogP contribution is -2.55. The number of methoxy groups -OCH3 is 1. The van der Waals surface area contributed by atoms with Crippen molar-refractivity contribution in [2.75, 3.05) is 13.7 Å². The minimum Gasteiger partial charge on any atom is -0.460 e. The third-order valence-electron chi connectivity index (χ3n) is 3.50. The van der Waals surface area contributed by atoms with Crippen LogP contribution in [0.15, 0.2) is 0 Å². The van der Waals surface area contributed by atoms with Crippen molar-refractivity contribution in [3.05, 3.63) is 5.53 Å². The Morgan fingerprint density at radius 3 is 2.42 bits per heavy atom. The first-order valence-corrected chi connectivity index (χ1v) is 7.42. The van der Waals surface area contributed by atoms with E-state index in [9.17, 15) is 19.2 Å². The largest absolute Gasteiger partial charge is 0.460 e. The maximum atomic E-state index is 12.7. The second-order valence-corrected chi connectivity index (χ2v) is 6.47. The third kappa shape index (κ3) is 4.26. The molecule has 132 valence electrons. The van der Waals surface area contributed by atoms with E-state index in [-0.39, 0.29) is 6.42 Å². The predicted octanol–water partition coefficient (Wildman–Crippen LogP) is 0.0275. The molecule has 1 aliphatic heterocycles. The number of ketones is 1. The highest BCUT2D eigenvalue weighted by Gasteiger charge is 2.55. The van der Waals surface area contributed by atoms with Gasteiger partial charge >= 0.3 is 17.7 Å². The van der Waals surface area contributed by atoms with Crippen molar-refractivity contribution < 1.29 is 33.4 Å². The molecule has 0 aromatic heterocycles. The van der Waals surface area contributed by atoms with Gasteiger partial charge in [-0.2, -0.15) is 4.79 Å². The SMILES string of the molecule is COC(=O)C(=[N+]=[N-])C(=O)C1(CC(=O)OC(C)(C)C)CCCNC1=O. The van der Waals surface area contributed by atoms with Gasteiger partial charge in [-0.05, 0) is 33.6 Å². The van der Waals surface area contributed by atoms with Crippen LogP contribution in [0, 0.1) is 5.41 Å². The number of hydrogen-bond acceptors (Lipinski definition) is 6. The van der Waals surface area contributed by atoms with E-state index in [1.807, 2.05) is 0 Å². The molecule has 1 saturated heterocycles. The fourth-order valence-corrected chi connectivity index (χ4v) is 2.47. The van der Waals surface area contributed by atoms with Crippen LogP contribution in [0.5, 0.6) is 0 Å². The Morgan fingerprint density at radius 2 is 1.96 bits per heavy atom. The van der Waals surface area contributed by atoms with E-state index in [0.717, 1.165) is 7.11 Å². The molecule has 0 aromatic carbocycles. The molecule has 1 amide bonds. The van der Waals surface area contributed by atoms with Crippen LogP contribution in [-0.2, 0) is 28.7 Å². The summed E-state index contributed by atoms with van der Waals surface area (Å²) in [5, 5.41) is 2.50. The summed E-state index contributed by atoms with van der Waals surface area (Å²) in [4.78, 5) is 51.5. The van der Waals surface area contributed by atoms with Crippen molar-refractivity contribution >= 4 is 29.3 Å². The second-order valence-electron chi connectivity index (χ2n) is 6.47. The molecule has 1 aliphatic rings. The lowest BCUT2D eigenvalue weighted by atomic mass is 9.72. The highest BCUT2D eigenvalue weighted by atomic mass is 16.6. The fourth-order valence-electron chi connectivity index (χ4n) is 2.47. The zero-order valence-electron chi connectivity index (χ0n) is 14.2. The van der Waals surface area contributed by atoms with Gasteiger partial charge in [0.15, 0.2) is 0 Å². The Bertz CT molecular complexity index is 615. The maximum absolute atomic E-state index is 12.7. The minimum absolute atomic E-state index is 0.0208. The zero-order chi connectivity index (χ0) is 18.5. The van der Waals surface area contributed by atoms with E-state index in [1.165, 1.54) is 0 Å². The van der Waals surface area contributed by atoms with Crippen LogP contribution in [0.4, 0.5) is 0 Å². The van der Waals surface area contributed by atoms with E-state index in [0.29, 0.717) is 13.0 Å². The van der Waals surface area contributed by atoms with Crippen LogP contribution in [0.3, 0.4) is 0 Å². The number of ether oxygens (including phenoxy) is 2. The van der Waals surface area contributed by atoms with E-state index in [4.69, 9.17) is 10.3 Å². The van der Waals surface area contributed by atoms with Crippen molar-refractivity contribution in [1.82, 2.24) is 5.32 Å². The summed E-state index contributed by atoms with van der Waals surface area (Å²) in [7, 11) is 1.00. The molecule has 1 rings (SSSR count). The average molecular weight is 339 g/mol. The molecule has 24 heavy (non-hydrogen) atoms. The van der Waals surface area contributed by atoms with Crippen LogP contribution in [-0.4, -0.2) is 53.4 Å². The number of hydrogen-bond donors (Lipinski definition) is 1. The van der Waals surface area contributed by atoms with Gasteiger partial charge in [-0.25, -0.2) is 4.79 Å². The maximum Gasteiger partial charge on any atom is 0.442 e. The molecule has 0 aliphatic carbocycles. The normalized spacial score (nSPS) is 20.4. The highest BCUT2D eigenvalue weighted by Crippen LogP contribution is 2.34. The summed E-state index contributed by atoms with van der Waals surface area (Å²) in [5.41, 5.74) is 5.37. The van der Waals surface area contributed by atoms with Gasteiger partial charge in [0.2, 0.25) is 5.91 Å². The molecule has 0 aromatic rings. The van der Waals surface area contributed by atoms with Gasteiger partial charge in [0.25, 0.3) is 5.78 Å². The summed E-state index contributed by atoms with van der Waals surface area (Å²) in [6, 6.07) is 0. The molecule has 1 atom stereocenters. The van der Waals surface area contributed by atoms with E-state index < -0.39 is 46.8 Å². The quantitative estimate of drug-likeness (QED) is 0.247. The van der Waals surface area contributed by atoms with E-state index in [1.54, 1.807) is 20.8 Å². The Balaban J connectivity index is 3.23. The summed E-state index contributed by atoms with van der Waals surface area (Å²) in [6.07, 6.45) is -0.127. The van der Waals surface area contributed by atoms with Gasteiger partial charge in [-0.1, -0.05) is 0 Å². The Kier molecular flexibility index (Phi) is 5.98. The number of rotatable bonds is 5. The topological polar surface area (TPSA) is 135 Å². The molecule has 0 spiro atoms. The number of amides is 1. The Hall–Kier alpha value is -2.54. The van der Waals surface area contributed by atoms with Gasteiger partial charge in [0.05, 0.1) is 13.5 Å². The molecule has 9 heteroatoms. The van der Waals surface area contributed by atoms with Crippen molar-refractivity contribution in [1.29, 1.82) is 0 Å². The van der Waals surface area contributed by atoms with Crippen LogP contribution in [0.25, 0.3) is 5.53 Å². The van der Waals surface area contributed by atoms with Gasteiger partial charge < -0.3 is 20.3 Å². The van der Waals surface area contributed by atoms with Crippen LogP contribution >= 0.6 is 0 Å². The van der Waals surface area contributed by atoms with Gasteiger partial charge in [0.1, 0.15) is 11.0 Å². The number of nitrogens with zero attached hydrogens (tertiary/aromatic N) is 2. The summed E-state index contributed by atoms with van der Waals surface area (Å²) >= 11 is 0. The minimum atomic E-state index is -1.86. The Morgan fingerprint density at radius 1 is 1.33 bits per heavy atom. The van der Waals surface area contributed by atoms with Gasteiger partial charge in [-0.3, -0.25) is 14.4 Å². The number of carbonyl (C=O) groups excluding carboxylic acids is 4. The van der Waals surface area contributed by atoms with Crippen molar-refractivity contribution in [2.45, 2.75) is 45.6 Å². The first kappa shape index (κ1) is 19.5. The number of carbonyl (C=O) groups is 4. The summed E-state index contributed by atoms with van der Waals surface area (Å²) in [6.45, 7) is 5.28. The number of Topliss-reactive ketones (excluding diaryl/α,β-unsaturated/α-hetero) is 1. The average Bonchev–Trinajstić information content (AvgIpc) is 2.48. The molecular weight excluding hydrogens is 318 g/mol. The second kappa shape index (κ2) is 7.35. The van der Waals surface area contributed by atoms with Crippen molar-refractivity contribution in [3.63, 3.8) is 0 Å². The molecule has 1 unspecified atom stereocenters. The molecule has 0 radical (unpaired) electrons. The summed E-state index contributed by atoms with van der Waals surface area (Å²) < 4.78 is 9.56. The van der Waals surface area contributed by atoms with E-state index in [2.05, 4.69) is 14.8 Å². The lowest BCUT2D eigenvalue weighted by molar-refractivity contribution is -0.164. The number of esters is 2. The monoisotopic (exact) mass is 339 g/mol. The summed E-state index contributed by atoms with van der Waals surface area (Å²) in [5.74, 6) is -3.74. The number of piperidine rings is 1. The lowest BCUT2D eigenvalue weighted by Gasteiger charge is -2.33. The standard InChI is InChI=1S/C15H21N3O6/c1-14(2,3)24-9(19)8-15(6-5-7-17-13(15)22)11(20)10(18-16)12(21)23-4/h5-8H2,1-4H3,(H,17,22). The zero-order valence-corrected chi connectivity index (χ0v) is 14.2. The molecule has 1 N–H and O–H groups in total. The van der Waals surface area contributed by atoms with Crippen molar-refractivity contribution in [3.8, 4) is 0 Å². The van der Waals surface area contributed by atoms with Gasteiger partial charge in [0, 0.05) is 6.54 Å². The van der Waals surface area contributed by atoms with Crippen LogP contribution in [0.1, 0.15) is 40.0 Å². The molecule has 9 nitrogen and oxygen atoms in total. The van der Waals surface area contributed by atoms with Crippen LogP contribution < -0.4 is 5.32 Å². The third-order valence-corrected chi connectivity index (χ3v) is 3.50. The number of nitrogens with one attached hydrogen (secondary N) is 1. The molecule has 0 bridgehead atoms. The van der Waals surface area contributed by atoms with Crippen molar-refractivity contribution in [2.24, 2.45) is 5.41 Å². The predicted molar refractivity (Wildman–Crippen MR) is 80.8 cm³/mol. The first-order chi connectivity index (χ1) is 11.1. The molecule has 1 heterocycles. The smallest absolute Gasteiger partial charge is 0.442 e. The highest BCUT2D eigenvalue weighted by molar-refractivity contribution is 6.64. The van der Waals surface area contributed by atoms with E-state index >= 15 is 0 Å². The Labute approximate surface area is 139 Å². The van der Waals surface area contributed by atoms with Gasteiger partial charge in [-0.15, -0.1) is 0 Å².